The van der Waals surface area contributed by atoms with Gasteiger partial charge in [-0.1, -0.05) is 6.42 Å². The molecule has 10 heavy (non-hydrogen) atoms. The zero-order chi connectivity index (χ0) is 6.55. The highest BCUT2D eigenvalue weighted by atomic mass is 15.2. The van der Waals surface area contributed by atoms with E-state index in [1.165, 1.54) is 32.2 Å². The van der Waals surface area contributed by atoms with E-state index in [4.69, 9.17) is 0 Å². The first-order chi connectivity index (χ1) is 4.95. The molecule has 1 nitrogen and oxygen atoms in total. The first-order valence-electron chi connectivity index (χ1n) is 4.71. The Hall–Kier alpha value is -0.0400. The van der Waals surface area contributed by atoms with Crippen LogP contribution in [0.1, 0.15) is 32.1 Å². The maximum atomic E-state index is 2.79. The molecular formula is C9H15N. The normalized spacial score (nSPS) is 57.6. The minimum absolute atomic E-state index is 1.03. The SMILES string of the molecule is C1CC2CC3CCN2C3C1. The van der Waals surface area contributed by atoms with Crippen molar-refractivity contribution in [2.45, 2.75) is 44.2 Å². The van der Waals surface area contributed by atoms with Gasteiger partial charge in [0.2, 0.25) is 0 Å². The largest absolute Gasteiger partial charge is 0.297 e. The summed E-state index contributed by atoms with van der Waals surface area (Å²) in [6, 6.07) is 2.07. The Morgan fingerprint density at radius 1 is 1.10 bits per heavy atom. The molecular weight excluding hydrogens is 122 g/mol. The van der Waals surface area contributed by atoms with E-state index in [1.807, 2.05) is 0 Å². The Kier molecular flexibility index (Phi) is 0.984. The van der Waals surface area contributed by atoms with E-state index in [-0.39, 0.29) is 0 Å². The maximum Gasteiger partial charge on any atom is 0.0127 e. The molecule has 0 aliphatic carbocycles. The van der Waals surface area contributed by atoms with Gasteiger partial charge in [-0.25, -0.2) is 0 Å². The number of hydrogen-bond donors (Lipinski definition) is 0. The molecule has 0 saturated carbocycles. The second-order valence-corrected chi connectivity index (χ2v) is 4.17. The lowest BCUT2D eigenvalue weighted by atomic mass is 9.98. The van der Waals surface area contributed by atoms with Gasteiger partial charge in [-0.05, 0) is 38.1 Å². The number of rotatable bonds is 0. The van der Waals surface area contributed by atoms with Crippen molar-refractivity contribution in [2.24, 2.45) is 5.92 Å². The van der Waals surface area contributed by atoms with E-state index < -0.39 is 0 Å². The lowest BCUT2D eigenvalue weighted by Crippen LogP contribution is -2.37. The highest BCUT2D eigenvalue weighted by molar-refractivity contribution is 5.01. The second-order valence-electron chi connectivity index (χ2n) is 4.17. The zero-order valence-corrected chi connectivity index (χ0v) is 6.42. The Morgan fingerprint density at radius 3 is 2.90 bits per heavy atom. The third-order valence-electron chi connectivity index (χ3n) is 3.81. The Labute approximate surface area is 62.4 Å². The molecule has 0 aromatic heterocycles. The number of piperidine rings is 2. The van der Waals surface area contributed by atoms with Gasteiger partial charge in [0.05, 0.1) is 0 Å². The summed E-state index contributed by atoms with van der Waals surface area (Å²) in [7, 11) is 0. The molecule has 0 radical (unpaired) electrons. The Balaban J connectivity index is 1.95. The topological polar surface area (TPSA) is 3.24 Å². The van der Waals surface area contributed by atoms with Gasteiger partial charge in [0.25, 0.3) is 0 Å². The van der Waals surface area contributed by atoms with Crippen LogP contribution in [0, 0.1) is 5.92 Å². The van der Waals surface area contributed by atoms with E-state index in [2.05, 4.69) is 4.90 Å². The second kappa shape index (κ2) is 1.76. The van der Waals surface area contributed by atoms with Gasteiger partial charge in [0.15, 0.2) is 0 Å². The van der Waals surface area contributed by atoms with Gasteiger partial charge in [0.1, 0.15) is 0 Å². The fourth-order valence-electron chi connectivity index (χ4n) is 3.40. The van der Waals surface area contributed by atoms with Crippen molar-refractivity contribution in [3.8, 4) is 0 Å². The van der Waals surface area contributed by atoms with Crippen LogP contribution in [0.15, 0.2) is 0 Å². The fourth-order valence-corrected chi connectivity index (χ4v) is 3.40. The summed E-state index contributed by atoms with van der Waals surface area (Å²) in [4.78, 5) is 2.79. The molecule has 4 bridgehead atoms. The van der Waals surface area contributed by atoms with Gasteiger partial charge in [-0.15, -0.1) is 0 Å². The van der Waals surface area contributed by atoms with Gasteiger partial charge >= 0.3 is 0 Å². The highest BCUT2D eigenvalue weighted by Gasteiger charge is 2.47. The van der Waals surface area contributed by atoms with Crippen LogP contribution in [0.3, 0.4) is 0 Å². The summed E-state index contributed by atoms with van der Waals surface area (Å²) in [5, 5.41) is 0. The van der Waals surface area contributed by atoms with E-state index in [0.717, 1.165) is 18.0 Å². The smallest absolute Gasteiger partial charge is 0.0127 e. The molecule has 1 heteroatoms. The molecule has 56 valence electrons. The highest BCUT2D eigenvalue weighted by Crippen LogP contribution is 2.45. The molecule has 0 N–H and O–H groups in total. The minimum Gasteiger partial charge on any atom is -0.297 e. The third-order valence-corrected chi connectivity index (χ3v) is 3.81. The molecule has 3 saturated heterocycles. The van der Waals surface area contributed by atoms with E-state index in [1.54, 1.807) is 6.42 Å². The quantitative estimate of drug-likeness (QED) is 0.490. The molecule has 4 unspecified atom stereocenters. The van der Waals surface area contributed by atoms with Crippen molar-refractivity contribution in [1.29, 1.82) is 0 Å². The van der Waals surface area contributed by atoms with Crippen molar-refractivity contribution in [3.05, 3.63) is 0 Å². The average Bonchev–Trinajstić information content (AvgIpc) is 2.44. The van der Waals surface area contributed by atoms with Crippen LogP contribution in [-0.4, -0.2) is 23.5 Å². The molecule has 0 aromatic carbocycles. The van der Waals surface area contributed by atoms with Crippen LogP contribution in [0.25, 0.3) is 0 Å². The summed E-state index contributed by atoms with van der Waals surface area (Å²) in [6.07, 6.45) is 7.60. The lowest BCUT2D eigenvalue weighted by Gasteiger charge is -2.31. The summed E-state index contributed by atoms with van der Waals surface area (Å²) < 4.78 is 0. The van der Waals surface area contributed by atoms with Crippen molar-refractivity contribution < 1.29 is 0 Å². The minimum atomic E-state index is 1.03. The maximum absolute atomic E-state index is 2.79. The van der Waals surface area contributed by atoms with E-state index in [9.17, 15) is 0 Å². The van der Waals surface area contributed by atoms with E-state index >= 15 is 0 Å². The molecule has 3 aliphatic rings. The van der Waals surface area contributed by atoms with Crippen molar-refractivity contribution in [3.63, 3.8) is 0 Å². The van der Waals surface area contributed by atoms with Crippen LogP contribution in [0.2, 0.25) is 0 Å². The summed E-state index contributed by atoms with van der Waals surface area (Å²) in [5.41, 5.74) is 0. The third kappa shape index (κ3) is 0.531. The van der Waals surface area contributed by atoms with Crippen molar-refractivity contribution in [2.75, 3.05) is 6.54 Å². The molecule has 3 rings (SSSR count). The first kappa shape index (κ1) is 5.59. The summed E-state index contributed by atoms with van der Waals surface area (Å²) in [6.45, 7) is 1.43. The van der Waals surface area contributed by atoms with Gasteiger partial charge in [-0.3, -0.25) is 4.90 Å². The number of nitrogens with zero attached hydrogens (tertiary/aromatic N) is 1. The Bertz CT molecular complexity index is 151. The summed E-state index contributed by atoms with van der Waals surface area (Å²) >= 11 is 0. The van der Waals surface area contributed by atoms with Crippen molar-refractivity contribution in [1.82, 2.24) is 4.90 Å². The first-order valence-corrected chi connectivity index (χ1v) is 4.71. The fraction of sp³-hybridized carbons (Fsp3) is 1.00. The zero-order valence-electron chi connectivity index (χ0n) is 6.42. The van der Waals surface area contributed by atoms with Crippen LogP contribution in [0.4, 0.5) is 0 Å². The molecule has 0 amide bonds. The predicted molar refractivity (Wildman–Crippen MR) is 40.9 cm³/mol. The predicted octanol–water partition coefficient (Wildman–Crippen LogP) is 1.63. The molecule has 0 aromatic rings. The lowest BCUT2D eigenvalue weighted by molar-refractivity contribution is 0.165. The van der Waals surface area contributed by atoms with Crippen LogP contribution < -0.4 is 0 Å². The molecule has 0 spiro atoms. The summed E-state index contributed by atoms with van der Waals surface area (Å²) in [5.74, 6) is 1.12. The van der Waals surface area contributed by atoms with Gasteiger partial charge < -0.3 is 0 Å². The average molecular weight is 137 g/mol. The standard InChI is InChI=1S/C9H15N/c1-2-8-6-7-4-5-10(8)9(7)3-1/h7-9H,1-6H2. The molecule has 4 atom stereocenters. The monoisotopic (exact) mass is 137 g/mol. The van der Waals surface area contributed by atoms with E-state index in [0.29, 0.717) is 0 Å². The van der Waals surface area contributed by atoms with Gasteiger partial charge in [-0.2, -0.15) is 0 Å². The van der Waals surface area contributed by atoms with Gasteiger partial charge in [0, 0.05) is 12.1 Å². The molecule has 3 heterocycles. The Morgan fingerprint density at radius 2 is 2.10 bits per heavy atom. The van der Waals surface area contributed by atoms with Crippen LogP contribution in [-0.2, 0) is 0 Å². The van der Waals surface area contributed by atoms with Crippen molar-refractivity contribution >= 4 is 0 Å². The molecule has 3 fully saturated rings. The van der Waals surface area contributed by atoms with Crippen LogP contribution in [0.5, 0.6) is 0 Å². The number of hydrogen-bond acceptors (Lipinski definition) is 1. The molecule has 3 aliphatic heterocycles. The van der Waals surface area contributed by atoms with Crippen LogP contribution >= 0.6 is 0 Å².